The third-order valence-corrected chi connectivity index (χ3v) is 6.78. The molecule has 0 unspecified atom stereocenters. The van der Waals surface area contributed by atoms with Crippen molar-refractivity contribution in [3.05, 3.63) is 101 Å². The minimum Gasteiger partial charge on any atom is -0.497 e. The molecule has 0 aliphatic rings. The van der Waals surface area contributed by atoms with Gasteiger partial charge in [-0.15, -0.1) is 11.8 Å². The van der Waals surface area contributed by atoms with Gasteiger partial charge in [0.05, 0.1) is 12.9 Å². The van der Waals surface area contributed by atoms with E-state index in [1.165, 1.54) is 11.8 Å². The molecule has 1 N–H and O–H groups in total. The third-order valence-electron chi connectivity index (χ3n) is 5.54. The zero-order valence-electron chi connectivity index (χ0n) is 20.1. The molecule has 0 spiro atoms. The lowest BCUT2D eigenvalue weighted by molar-refractivity contribution is -0.139. The Morgan fingerprint density at radius 2 is 1.60 bits per heavy atom. The van der Waals surface area contributed by atoms with Gasteiger partial charge in [-0.25, -0.2) is 0 Å². The molecule has 2 amide bonds. The summed E-state index contributed by atoms with van der Waals surface area (Å²) in [5.74, 6) is 1.53. The average molecular weight is 511 g/mol. The minimum absolute atomic E-state index is 0.0781. The van der Waals surface area contributed by atoms with Crippen LogP contribution < -0.4 is 10.1 Å². The molecule has 3 aromatic carbocycles. The van der Waals surface area contributed by atoms with Gasteiger partial charge in [-0.05, 0) is 47.9 Å². The first-order valence-electron chi connectivity index (χ1n) is 11.6. The Morgan fingerprint density at radius 1 is 0.943 bits per heavy atom. The molecular formula is C28H31ClN2O3S. The van der Waals surface area contributed by atoms with E-state index in [1.807, 2.05) is 73.7 Å². The van der Waals surface area contributed by atoms with E-state index in [0.29, 0.717) is 30.3 Å². The molecule has 7 heteroatoms. The number of hydrogen-bond acceptors (Lipinski definition) is 4. The zero-order chi connectivity index (χ0) is 25.0. The average Bonchev–Trinajstić information content (AvgIpc) is 2.88. The van der Waals surface area contributed by atoms with Crippen LogP contribution in [0.15, 0.2) is 78.9 Å². The van der Waals surface area contributed by atoms with Crippen LogP contribution in [0.25, 0.3) is 0 Å². The molecule has 0 radical (unpaired) electrons. The van der Waals surface area contributed by atoms with Crippen LogP contribution in [-0.4, -0.2) is 42.2 Å². The number of carbonyl (C=O) groups excluding carboxylic acids is 2. The quantitative estimate of drug-likeness (QED) is 0.356. The topological polar surface area (TPSA) is 58.6 Å². The smallest absolute Gasteiger partial charge is 0.243 e. The van der Waals surface area contributed by atoms with Gasteiger partial charge in [-0.2, -0.15) is 0 Å². The van der Waals surface area contributed by atoms with Gasteiger partial charge in [-0.1, -0.05) is 66.2 Å². The molecule has 0 heterocycles. The monoisotopic (exact) mass is 510 g/mol. The standard InChI is InChI=1S/C28H31ClN2O3S/c1-3-30-28(33)26(17-21-7-5-4-6-8-21)31(18-22-9-13-24(29)14-10-22)27(32)20-35-19-23-11-15-25(34-2)16-12-23/h4-16,26H,3,17-20H2,1-2H3,(H,30,33)/t26-/m1/s1. The first kappa shape index (κ1) is 26.6. The van der Waals surface area contributed by atoms with Gasteiger partial charge in [0.1, 0.15) is 11.8 Å². The Bertz CT molecular complexity index is 1080. The molecule has 3 aromatic rings. The van der Waals surface area contributed by atoms with E-state index < -0.39 is 6.04 Å². The number of hydrogen-bond donors (Lipinski definition) is 1. The van der Waals surface area contributed by atoms with Gasteiger partial charge < -0.3 is 15.0 Å². The third kappa shape index (κ3) is 8.34. The van der Waals surface area contributed by atoms with Crippen molar-refractivity contribution in [2.45, 2.75) is 31.7 Å². The molecule has 184 valence electrons. The van der Waals surface area contributed by atoms with Crippen molar-refractivity contribution in [1.82, 2.24) is 10.2 Å². The van der Waals surface area contributed by atoms with Crippen LogP contribution in [0.3, 0.4) is 0 Å². The fourth-order valence-corrected chi connectivity index (χ4v) is 4.69. The van der Waals surface area contributed by atoms with E-state index in [1.54, 1.807) is 24.1 Å². The minimum atomic E-state index is -0.623. The van der Waals surface area contributed by atoms with Crippen LogP contribution in [-0.2, 0) is 28.3 Å². The first-order chi connectivity index (χ1) is 17.0. The van der Waals surface area contributed by atoms with Crippen molar-refractivity contribution in [1.29, 1.82) is 0 Å². The maximum Gasteiger partial charge on any atom is 0.243 e. The molecule has 3 rings (SSSR count). The van der Waals surface area contributed by atoms with Crippen LogP contribution in [0.5, 0.6) is 5.75 Å². The summed E-state index contributed by atoms with van der Waals surface area (Å²) in [4.78, 5) is 28.4. The molecule has 0 aromatic heterocycles. The van der Waals surface area contributed by atoms with Crippen LogP contribution >= 0.6 is 23.4 Å². The fourth-order valence-electron chi connectivity index (χ4n) is 3.69. The van der Waals surface area contributed by atoms with Crippen molar-refractivity contribution in [2.24, 2.45) is 0 Å². The van der Waals surface area contributed by atoms with Gasteiger partial charge in [-0.3, -0.25) is 9.59 Å². The number of methoxy groups -OCH3 is 1. The van der Waals surface area contributed by atoms with Crippen molar-refractivity contribution in [3.8, 4) is 5.75 Å². The number of likely N-dealkylation sites (N-methyl/N-ethyl adjacent to an activating group) is 1. The number of benzene rings is 3. The molecule has 5 nitrogen and oxygen atoms in total. The number of ether oxygens (including phenoxy) is 1. The van der Waals surface area contributed by atoms with E-state index in [0.717, 1.165) is 22.4 Å². The summed E-state index contributed by atoms with van der Waals surface area (Å²) in [7, 11) is 1.64. The molecule has 0 bridgehead atoms. The highest BCUT2D eigenvalue weighted by Crippen LogP contribution is 2.20. The van der Waals surface area contributed by atoms with Crippen molar-refractivity contribution in [3.63, 3.8) is 0 Å². The largest absolute Gasteiger partial charge is 0.497 e. The summed E-state index contributed by atoms with van der Waals surface area (Å²) in [6, 6.07) is 24.4. The molecule has 0 aliphatic carbocycles. The first-order valence-corrected chi connectivity index (χ1v) is 13.1. The van der Waals surface area contributed by atoms with Crippen LogP contribution in [0, 0.1) is 0 Å². The normalized spacial score (nSPS) is 11.5. The molecule has 35 heavy (non-hydrogen) atoms. The summed E-state index contributed by atoms with van der Waals surface area (Å²) in [5.41, 5.74) is 3.03. The Labute approximate surface area is 216 Å². The number of rotatable bonds is 12. The predicted molar refractivity (Wildman–Crippen MR) is 144 cm³/mol. The highest BCUT2D eigenvalue weighted by atomic mass is 35.5. The SMILES string of the molecule is CCNC(=O)[C@@H](Cc1ccccc1)N(Cc1ccc(Cl)cc1)C(=O)CSCc1ccc(OC)cc1. The Kier molecular flexibility index (Phi) is 10.5. The molecule has 0 saturated heterocycles. The number of amides is 2. The van der Waals surface area contributed by atoms with Gasteiger partial charge >= 0.3 is 0 Å². The van der Waals surface area contributed by atoms with E-state index >= 15 is 0 Å². The molecule has 0 fully saturated rings. The molecular weight excluding hydrogens is 480 g/mol. The summed E-state index contributed by atoms with van der Waals surface area (Å²) >= 11 is 7.60. The maximum atomic E-state index is 13.5. The molecule has 0 aliphatic heterocycles. The number of thioether (sulfide) groups is 1. The van der Waals surface area contributed by atoms with Gasteiger partial charge in [0.25, 0.3) is 0 Å². The van der Waals surface area contributed by atoms with Gasteiger partial charge in [0.15, 0.2) is 0 Å². The van der Waals surface area contributed by atoms with E-state index in [-0.39, 0.29) is 17.6 Å². The lowest BCUT2D eigenvalue weighted by Crippen LogP contribution is -2.51. The Morgan fingerprint density at radius 3 is 2.23 bits per heavy atom. The Balaban J connectivity index is 1.79. The second-order valence-corrected chi connectivity index (χ2v) is 9.51. The lowest BCUT2D eigenvalue weighted by Gasteiger charge is -2.31. The Hall–Kier alpha value is -2.96. The van der Waals surface area contributed by atoms with Crippen LogP contribution in [0.2, 0.25) is 5.02 Å². The van der Waals surface area contributed by atoms with Crippen LogP contribution in [0.1, 0.15) is 23.6 Å². The zero-order valence-corrected chi connectivity index (χ0v) is 21.6. The fraction of sp³-hybridized carbons (Fsp3) is 0.286. The van der Waals surface area contributed by atoms with Crippen molar-refractivity contribution in [2.75, 3.05) is 19.4 Å². The highest BCUT2D eigenvalue weighted by Gasteiger charge is 2.30. The summed E-state index contributed by atoms with van der Waals surface area (Å²) < 4.78 is 5.21. The van der Waals surface area contributed by atoms with Crippen molar-refractivity contribution < 1.29 is 14.3 Å². The number of carbonyl (C=O) groups is 2. The summed E-state index contributed by atoms with van der Waals surface area (Å²) in [6.07, 6.45) is 0.440. The maximum absolute atomic E-state index is 13.5. The predicted octanol–water partition coefficient (Wildman–Crippen LogP) is 5.36. The van der Waals surface area contributed by atoms with E-state index in [2.05, 4.69) is 5.32 Å². The van der Waals surface area contributed by atoms with Crippen molar-refractivity contribution >= 4 is 35.2 Å². The van der Waals surface area contributed by atoms with Crippen LogP contribution in [0.4, 0.5) is 0 Å². The number of halogens is 1. The van der Waals surface area contributed by atoms with Gasteiger partial charge in [0, 0.05) is 30.3 Å². The summed E-state index contributed by atoms with van der Waals surface area (Å²) in [6.45, 7) is 2.71. The molecule has 0 saturated carbocycles. The lowest BCUT2D eigenvalue weighted by atomic mass is 10.0. The number of nitrogens with zero attached hydrogens (tertiary/aromatic N) is 1. The summed E-state index contributed by atoms with van der Waals surface area (Å²) in [5, 5.41) is 3.55. The molecule has 1 atom stereocenters. The highest BCUT2D eigenvalue weighted by molar-refractivity contribution is 7.99. The number of nitrogens with one attached hydrogen (secondary N) is 1. The van der Waals surface area contributed by atoms with E-state index in [4.69, 9.17) is 16.3 Å². The second-order valence-electron chi connectivity index (χ2n) is 8.09. The van der Waals surface area contributed by atoms with E-state index in [9.17, 15) is 9.59 Å². The second kappa shape index (κ2) is 13.8. The van der Waals surface area contributed by atoms with Gasteiger partial charge in [0.2, 0.25) is 11.8 Å².